The molecule has 0 saturated carbocycles. The Hall–Kier alpha value is -1.01. The van der Waals surface area contributed by atoms with E-state index < -0.39 is 0 Å². The molecule has 11 heavy (non-hydrogen) atoms. The van der Waals surface area contributed by atoms with Gasteiger partial charge in [-0.05, 0) is 0 Å². The Bertz CT molecular complexity index is 224. The fraction of sp³-hybridized carbons (Fsp3) is 0.400. The number of anilines is 1. The summed E-state index contributed by atoms with van der Waals surface area (Å²) in [4.78, 5) is 10.8. The molecule has 0 bridgehead atoms. The second-order valence-electron chi connectivity index (χ2n) is 1.76. The smallest absolute Gasteiger partial charge is 0.251 e. The lowest BCUT2D eigenvalue weighted by atomic mass is 10.6. The summed E-state index contributed by atoms with van der Waals surface area (Å²) in [5.41, 5.74) is 0. The topological polar surface area (TPSA) is 64.1 Å². The third-order valence-electron chi connectivity index (χ3n) is 0.899. The van der Waals surface area contributed by atoms with Gasteiger partial charge < -0.3 is 10.1 Å². The summed E-state index contributed by atoms with van der Waals surface area (Å²) in [5, 5.41) is 6.73. The predicted octanol–water partition coefficient (Wildman–Crippen LogP) is 0.123. The van der Waals surface area contributed by atoms with Crippen LogP contribution in [0.15, 0.2) is 6.20 Å². The summed E-state index contributed by atoms with van der Waals surface area (Å²) in [5.74, 6) is -0.196. The molecule has 0 atom stereocenters. The van der Waals surface area contributed by atoms with Crippen LogP contribution in [0.1, 0.15) is 0 Å². The third kappa shape index (κ3) is 2.60. The van der Waals surface area contributed by atoms with Crippen LogP contribution in [-0.2, 0) is 9.53 Å². The quantitative estimate of drug-likeness (QED) is 0.705. The van der Waals surface area contributed by atoms with Gasteiger partial charge in [-0.3, -0.25) is 4.79 Å². The molecule has 0 unspecified atom stereocenters. The molecule has 5 nitrogen and oxygen atoms in total. The first-order valence-electron chi connectivity index (χ1n) is 2.89. The maximum absolute atomic E-state index is 10.8. The minimum absolute atomic E-state index is 0.0535. The predicted molar refractivity (Wildman–Crippen MR) is 40.4 cm³/mol. The number of nitrogens with zero attached hydrogens (tertiary/aromatic N) is 2. The van der Waals surface area contributed by atoms with Crippen LogP contribution in [0.4, 0.5) is 5.00 Å². The van der Waals surface area contributed by atoms with E-state index in [1.807, 2.05) is 0 Å². The highest BCUT2D eigenvalue weighted by atomic mass is 32.1. The van der Waals surface area contributed by atoms with Crippen molar-refractivity contribution in [3.8, 4) is 0 Å². The zero-order valence-electron chi connectivity index (χ0n) is 5.90. The summed E-state index contributed by atoms with van der Waals surface area (Å²) >= 11 is 1.13. The summed E-state index contributed by atoms with van der Waals surface area (Å²) in [6, 6.07) is 0. The van der Waals surface area contributed by atoms with E-state index in [1.165, 1.54) is 13.3 Å². The van der Waals surface area contributed by atoms with Crippen LogP contribution >= 0.6 is 11.5 Å². The first-order chi connectivity index (χ1) is 5.33. The van der Waals surface area contributed by atoms with Crippen LogP contribution in [-0.4, -0.2) is 29.2 Å². The van der Waals surface area contributed by atoms with Crippen molar-refractivity contribution in [2.45, 2.75) is 0 Å². The number of carbonyl (C=O) groups is 1. The lowest BCUT2D eigenvalue weighted by molar-refractivity contribution is -0.119. The number of carbonyl (C=O) groups excluding carboxylic acids is 1. The summed E-state index contributed by atoms with van der Waals surface area (Å²) in [6.45, 7) is 0.0535. The van der Waals surface area contributed by atoms with Crippen LogP contribution in [0.2, 0.25) is 0 Å². The lowest BCUT2D eigenvalue weighted by Crippen LogP contribution is -2.16. The fourth-order valence-electron chi connectivity index (χ4n) is 0.527. The van der Waals surface area contributed by atoms with Gasteiger partial charge in [-0.25, -0.2) is 0 Å². The molecule has 60 valence electrons. The van der Waals surface area contributed by atoms with Gasteiger partial charge in [0.2, 0.25) is 0 Å². The van der Waals surface area contributed by atoms with Gasteiger partial charge in [0.15, 0.2) is 0 Å². The first kappa shape index (κ1) is 8.09. The summed E-state index contributed by atoms with van der Waals surface area (Å²) < 4.78 is 8.18. The average Bonchev–Trinajstić information content (AvgIpc) is 2.40. The molecule has 0 aliphatic carbocycles. The maximum atomic E-state index is 10.8. The number of rotatable bonds is 3. The first-order valence-corrected chi connectivity index (χ1v) is 3.66. The van der Waals surface area contributed by atoms with Crippen LogP contribution in [0, 0.1) is 0 Å². The van der Waals surface area contributed by atoms with Crippen molar-refractivity contribution in [3.05, 3.63) is 6.20 Å². The number of hydrogen-bond acceptors (Lipinski definition) is 5. The highest BCUT2D eigenvalue weighted by Gasteiger charge is 2.01. The Kier molecular flexibility index (Phi) is 2.94. The van der Waals surface area contributed by atoms with Crippen molar-refractivity contribution in [3.63, 3.8) is 0 Å². The molecule has 6 heteroatoms. The molecule has 0 radical (unpaired) electrons. The number of methoxy groups -OCH3 is 1. The largest absolute Gasteiger partial charge is 0.375 e. The SMILES string of the molecule is COCC(=O)Nc1cnns1. The van der Waals surface area contributed by atoms with E-state index in [2.05, 4.69) is 19.6 Å². The Balaban J connectivity index is 2.37. The van der Waals surface area contributed by atoms with Crippen molar-refractivity contribution in [1.29, 1.82) is 0 Å². The average molecular weight is 173 g/mol. The van der Waals surface area contributed by atoms with E-state index >= 15 is 0 Å². The molecule has 1 N–H and O–H groups in total. The van der Waals surface area contributed by atoms with Gasteiger partial charge >= 0.3 is 0 Å². The highest BCUT2D eigenvalue weighted by Crippen LogP contribution is 2.07. The number of ether oxygens (including phenoxy) is 1. The van der Waals surface area contributed by atoms with Crippen molar-refractivity contribution in [2.24, 2.45) is 0 Å². The van der Waals surface area contributed by atoms with E-state index in [0.717, 1.165) is 11.5 Å². The number of amides is 1. The molecule has 1 rings (SSSR count). The van der Waals surface area contributed by atoms with Crippen LogP contribution < -0.4 is 5.32 Å². The minimum Gasteiger partial charge on any atom is -0.375 e. The molecule has 0 aliphatic heterocycles. The van der Waals surface area contributed by atoms with E-state index in [0.29, 0.717) is 5.00 Å². The number of hydrogen-bond donors (Lipinski definition) is 1. The highest BCUT2D eigenvalue weighted by molar-refractivity contribution is 7.10. The summed E-state index contributed by atoms with van der Waals surface area (Å²) in [6.07, 6.45) is 1.48. The molecule has 0 fully saturated rings. The number of aromatic nitrogens is 2. The zero-order chi connectivity index (χ0) is 8.10. The molecule has 1 aromatic heterocycles. The Labute approximate surface area is 67.5 Å². The van der Waals surface area contributed by atoms with Gasteiger partial charge in [0, 0.05) is 18.6 Å². The monoisotopic (exact) mass is 173 g/mol. The van der Waals surface area contributed by atoms with Crippen molar-refractivity contribution in [2.75, 3.05) is 19.0 Å². The van der Waals surface area contributed by atoms with Crippen LogP contribution in [0.5, 0.6) is 0 Å². The molecule has 0 saturated heterocycles. The van der Waals surface area contributed by atoms with Crippen molar-refractivity contribution >= 4 is 22.4 Å². The van der Waals surface area contributed by atoms with Crippen LogP contribution in [0.25, 0.3) is 0 Å². The fourth-order valence-corrected chi connectivity index (χ4v) is 0.963. The van der Waals surface area contributed by atoms with Gasteiger partial charge in [0.25, 0.3) is 5.91 Å². The van der Waals surface area contributed by atoms with E-state index in [1.54, 1.807) is 0 Å². The molecule has 0 aliphatic rings. The van der Waals surface area contributed by atoms with Gasteiger partial charge in [0.05, 0.1) is 6.20 Å². The normalized spacial score (nSPS) is 9.55. The standard InChI is InChI=1S/C5H7N3O2S/c1-10-3-4(9)7-5-2-6-8-11-5/h2H,3H2,1H3,(H,7,9). The van der Waals surface area contributed by atoms with Gasteiger partial charge in [-0.15, -0.1) is 5.10 Å². The molecule has 1 heterocycles. The van der Waals surface area contributed by atoms with Crippen molar-refractivity contribution in [1.82, 2.24) is 9.59 Å². The summed E-state index contributed by atoms with van der Waals surface area (Å²) in [7, 11) is 1.46. The zero-order valence-corrected chi connectivity index (χ0v) is 6.72. The van der Waals surface area contributed by atoms with Crippen molar-refractivity contribution < 1.29 is 9.53 Å². The lowest BCUT2D eigenvalue weighted by Gasteiger charge is -1.97. The molecule has 1 aromatic rings. The second kappa shape index (κ2) is 3.99. The molecule has 1 amide bonds. The number of nitrogens with one attached hydrogen (secondary N) is 1. The maximum Gasteiger partial charge on any atom is 0.251 e. The molecular weight excluding hydrogens is 166 g/mol. The molecular formula is C5H7N3O2S. The van der Waals surface area contributed by atoms with Crippen LogP contribution in [0.3, 0.4) is 0 Å². The Morgan fingerprint density at radius 1 is 1.91 bits per heavy atom. The van der Waals surface area contributed by atoms with E-state index in [4.69, 9.17) is 0 Å². The minimum atomic E-state index is -0.196. The van der Waals surface area contributed by atoms with E-state index in [-0.39, 0.29) is 12.5 Å². The van der Waals surface area contributed by atoms with Gasteiger partial charge in [-0.2, -0.15) is 0 Å². The second-order valence-corrected chi connectivity index (χ2v) is 2.55. The molecule has 0 aromatic carbocycles. The Morgan fingerprint density at radius 2 is 2.73 bits per heavy atom. The molecule has 0 spiro atoms. The third-order valence-corrected chi connectivity index (χ3v) is 1.48. The van der Waals surface area contributed by atoms with E-state index in [9.17, 15) is 4.79 Å². The Morgan fingerprint density at radius 3 is 3.27 bits per heavy atom. The van der Waals surface area contributed by atoms with Gasteiger partial charge in [0.1, 0.15) is 11.6 Å². The van der Waals surface area contributed by atoms with Gasteiger partial charge in [-0.1, -0.05) is 4.49 Å².